The molecular weight excluding hydrogens is 136 g/mol. The molecule has 1 aromatic rings. The third-order valence-electron chi connectivity index (χ3n) is 2.04. The van der Waals surface area contributed by atoms with Crippen LogP contribution in [0.4, 0.5) is 0 Å². The lowest BCUT2D eigenvalue weighted by Gasteiger charge is -2.30. The number of fused-ring (bicyclic) bond motifs is 1. The number of rotatable bonds is 0. The fourth-order valence-corrected chi connectivity index (χ4v) is 1.42. The standard InChI is InChI=1S/C9H11N2/c1-11-6-4-9-8(7-11)3-2-5-10-9/h2-3,5H,1,4,6-7H2/q-1. The first-order valence-corrected chi connectivity index (χ1v) is 3.84. The van der Waals surface area contributed by atoms with E-state index >= 15 is 0 Å². The van der Waals surface area contributed by atoms with E-state index in [1.807, 2.05) is 12.3 Å². The molecule has 0 amide bonds. The van der Waals surface area contributed by atoms with Crippen molar-refractivity contribution in [3.05, 3.63) is 36.6 Å². The van der Waals surface area contributed by atoms with Gasteiger partial charge in [-0.3, -0.25) is 12.0 Å². The van der Waals surface area contributed by atoms with E-state index in [0.29, 0.717) is 0 Å². The SMILES string of the molecule is [CH2-]N1CCc2ncccc2C1. The van der Waals surface area contributed by atoms with Crippen molar-refractivity contribution < 1.29 is 0 Å². The van der Waals surface area contributed by atoms with E-state index in [0.717, 1.165) is 19.5 Å². The molecular formula is C9H11N2-. The van der Waals surface area contributed by atoms with E-state index in [9.17, 15) is 0 Å². The zero-order valence-corrected chi connectivity index (χ0v) is 6.45. The minimum Gasteiger partial charge on any atom is -0.455 e. The van der Waals surface area contributed by atoms with Crippen molar-refractivity contribution in [3.8, 4) is 0 Å². The van der Waals surface area contributed by atoms with Crippen molar-refractivity contribution in [2.75, 3.05) is 6.54 Å². The molecule has 0 fully saturated rings. The number of hydrogen-bond donors (Lipinski definition) is 0. The molecule has 0 aromatic carbocycles. The Labute approximate surface area is 66.9 Å². The van der Waals surface area contributed by atoms with E-state index in [1.165, 1.54) is 11.3 Å². The molecule has 0 atom stereocenters. The Balaban J connectivity index is 2.34. The number of aromatic nitrogens is 1. The van der Waals surface area contributed by atoms with Crippen LogP contribution in [0, 0.1) is 7.05 Å². The molecule has 2 nitrogen and oxygen atoms in total. The molecule has 0 bridgehead atoms. The van der Waals surface area contributed by atoms with Crippen molar-refractivity contribution in [1.82, 2.24) is 9.88 Å². The van der Waals surface area contributed by atoms with E-state index in [1.54, 1.807) is 0 Å². The second kappa shape index (κ2) is 2.62. The number of hydrogen-bond acceptors (Lipinski definition) is 2. The normalized spacial score (nSPS) is 17.9. The topological polar surface area (TPSA) is 16.1 Å². The van der Waals surface area contributed by atoms with E-state index in [2.05, 4.69) is 23.0 Å². The van der Waals surface area contributed by atoms with Gasteiger partial charge in [0, 0.05) is 18.3 Å². The van der Waals surface area contributed by atoms with Gasteiger partial charge >= 0.3 is 0 Å². The van der Waals surface area contributed by atoms with Crippen LogP contribution in [0.1, 0.15) is 11.3 Å². The van der Waals surface area contributed by atoms with Gasteiger partial charge in [-0.15, -0.1) is 0 Å². The monoisotopic (exact) mass is 147 g/mol. The highest BCUT2D eigenvalue weighted by molar-refractivity contribution is 5.21. The third-order valence-corrected chi connectivity index (χ3v) is 2.04. The summed E-state index contributed by atoms with van der Waals surface area (Å²) in [4.78, 5) is 6.37. The predicted molar refractivity (Wildman–Crippen MR) is 43.7 cm³/mol. The Bertz CT molecular complexity index is 257. The summed E-state index contributed by atoms with van der Waals surface area (Å²) in [5, 5.41) is 0. The van der Waals surface area contributed by atoms with Crippen LogP contribution in [0.5, 0.6) is 0 Å². The van der Waals surface area contributed by atoms with Crippen LogP contribution in [-0.2, 0) is 13.0 Å². The van der Waals surface area contributed by atoms with Crippen LogP contribution < -0.4 is 0 Å². The van der Waals surface area contributed by atoms with E-state index < -0.39 is 0 Å². The molecule has 1 aromatic heterocycles. The minimum absolute atomic E-state index is 0.948. The summed E-state index contributed by atoms with van der Waals surface area (Å²) in [7, 11) is 3.90. The van der Waals surface area contributed by atoms with Crippen LogP contribution in [0.3, 0.4) is 0 Å². The lowest BCUT2D eigenvalue weighted by atomic mass is 10.1. The molecule has 0 radical (unpaired) electrons. The highest BCUT2D eigenvalue weighted by Crippen LogP contribution is 2.14. The van der Waals surface area contributed by atoms with Gasteiger partial charge in [0.05, 0.1) is 0 Å². The fraction of sp³-hybridized carbons (Fsp3) is 0.333. The number of nitrogens with zero attached hydrogens (tertiary/aromatic N) is 2. The maximum atomic E-state index is 4.30. The summed E-state index contributed by atoms with van der Waals surface area (Å²) in [6.07, 6.45) is 2.90. The maximum Gasteiger partial charge on any atom is 0.0459 e. The van der Waals surface area contributed by atoms with Gasteiger partial charge in [-0.1, -0.05) is 6.07 Å². The molecule has 2 heterocycles. The second-order valence-electron chi connectivity index (χ2n) is 2.91. The lowest BCUT2D eigenvalue weighted by molar-refractivity contribution is 0.344. The molecule has 2 rings (SSSR count). The highest BCUT2D eigenvalue weighted by atomic mass is 15.1. The zero-order valence-electron chi connectivity index (χ0n) is 6.45. The van der Waals surface area contributed by atoms with Crippen LogP contribution in [0.25, 0.3) is 0 Å². The van der Waals surface area contributed by atoms with Crippen molar-refractivity contribution in [2.24, 2.45) is 0 Å². The Kier molecular flexibility index (Phi) is 1.62. The van der Waals surface area contributed by atoms with Crippen LogP contribution in [0.2, 0.25) is 0 Å². The molecule has 0 aliphatic carbocycles. The van der Waals surface area contributed by atoms with E-state index in [4.69, 9.17) is 0 Å². The Hall–Kier alpha value is -0.890. The van der Waals surface area contributed by atoms with Gasteiger partial charge in [0.25, 0.3) is 0 Å². The van der Waals surface area contributed by atoms with Crippen molar-refractivity contribution in [2.45, 2.75) is 13.0 Å². The first kappa shape index (κ1) is 6.80. The van der Waals surface area contributed by atoms with Gasteiger partial charge in [0.1, 0.15) is 0 Å². The van der Waals surface area contributed by atoms with E-state index in [-0.39, 0.29) is 0 Å². The van der Waals surface area contributed by atoms with Crippen LogP contribution >= 0.6 is 0 Å². The van der Waals surface area contributed by atoms with Crippen molar-refractivity contribution in [3.63, 3.8) is 0 Å². The summed E-state index contributed by atoms with van der Waals surface area (Å²) in [6.45, 7) is 1.98. The Morgan fingerprint density at radius 2 is 2.45 bits per heavy atom. The molecule has 0 unspecified atom stereocenters. The van der Waals surface area contributed by atoms with Gasteiger partial charge in [-0.2, -0.15) is 0 Å². The quantitative estimate of drug-likeness (QED) is 0.513. The summed E-state index contributed by atoms with van der Waals surface area (Å²) < 4.78 is 0. The molecule has 2 heteroatoms. The highest BCUT2D eigenvalue weighted by Gasteiger charge is 2.08. The van der Waals surface area contributed by atoms with Gasteiger partial charge in [-0.25, -0.2) is 0 Å². The molecule has 0 saturated heterocycles. The molecule has 0 N–H and O–H groups in total. The average molecular weight is 147 g/mol. The molecule has 1 aliphatic heterocycles. The minimum atomic E-state index is 0.948. The summed E-state index contributed by atoms with van der Waals surface area (Å²) in [5.74, 6) is 0. The van der Waals surface area contributed by atoms with Crippen LogP contribution in [0.15, 0.2) is 18.3 Å². The molecule has 11 heavy (non-hydrogen) atoms. The molecule has 1 aliphatic rings. The zero-order chi connectivity index (χ0) is 7.68. The molecule has 0 saturated carbocycles. The van der Waals surface area contributed by atoms with Crippen molar-refractivity contribution in [1.29, 1.82) is 0 Å². The largest absolute Gasteiger partial charge is 0.455 e. The van der Waals surface area contributed by atoms with Gasteiger partial charge in [-0.05, 0) is 24.7 Å². The summed E-state index contributed by atoms with van der Waals surface area (Å²) in [5.41, 5.74) is 2.57. The summed E-state index contributed by atoms with van der Waals surface area (Å²) in [6, 6.07) is 4.11. The van der Waals surface area contributed by atoms with Gasteiger partial charge < -0.3 is 4.90 Å². The first-order valence-electron chi connectivity index (χ1n) is 3.84. The summed E-state index contributed by atoms with van der Waals surface area (Å²) >= 11 is 0. The third kappa shape index (κ3) is 1.26. The number of pyridine rings is 1. The predicted octanol–water partition coefficient (Wildman–Crippen LogP) is 1.23. The smallest absolute Gasteiger partial charge is 0.0459 e. The van der Waals surface area contributed by atoms with Gasteiger partial charge in [0.2, 0.25) is 0 Å². The second-order valence-corrected chi connectivity index (χ2v) is 2.91. The Morgan fingerprint density at radius 3 is 3.36 bits per heavy atom. The molecule has 0 spiro atoms. The maximum absolute atomic E-state index is 4.30. The lowest BCUT2D eigenvalue weighted by Crippen LogP contribution is -2.25. The fourth-order valence-electron chi connectivity index (χ4n) is 1.42. The first-order chi connectivity index (χ1) is 5.36. The average Bonchev–Trinajstić information content (AvgIpc) is 2.04. The van der Waals surface area contributed by atoms with Gasteiger partial charge in [0.15, 0.2) is 0 Å². The molecule has 58 valence electrons. The Morgan fingerprint density at radius 1 is 1.55 bits per heavy atom. The van der Waals surface area contributed by atoms with Crippen LogP contribution in [-0.4, -0.2) is 16.4 Å². The van der Waals surface area contributed by atoms with Crippen molar-refractivity contribution >= 4 is 0 Å².